The van der Waals surface area contributed by atoms with E-state index in [2.05, 4.69) is 81.0 Å². The lowest BCUT2D eigenvalue weighted by molar-refractivity contribution is 0.894. The molecular weight excluding hydrogens is 234 g/mol. The normalized spacial score (nSPS) is 13.8. The summed E-state index contributed by atoms with van der Waals surface area (Å²) in [6, 6.07) is 10.6. The average Bonchev–Trinajstić information content (AvgIpc) is 2.34. The zero-order valence-corrected chi connectivity index (χ0v) is 13.5. The second kappa shape index (κ2) is 6.79. The Bertz CT molecular complexity index is 364. The molecule has 0 aromatic heterocycles. The molecule has 0 heterocycles. The van der Waals surface area contributed by atoms with Crippen LogP contribution < -0.4 is 4.90 Å². The highest BCUT2D eigenvalue weighted by Gasteiger charge is 2.19. The molecule has 18 heavy (non-hydrogen) atoms. The van der Waals surface area contributed by atoms with Crippen molar-refractivity contribution in [3.05, 3.63) is 42.5 Å². The van der Waals surface area contributed by atoms with Crippen molar-refractivity contribution in [1.29, 1.82) is 0 Å². The molecule has 1 aromatic rings. The van der Waals surface area contributed by atoms with Crippen LogP contribution in [0.15, 0.2) is 42.5 Å². The van der Waals surface area contributed by atoms with Gasteiger partial charge in [0.15, 0.2) is 0 Å². The van der Waals surface area contributed by atoms with E-state index in [0.29, 0.717) is 0 Å². The number of hydrogen-bond acceptors (Lipinski definition) is 1. The Morgan fingerprint density at radius 1 is 1.17 bits per heavy atom. The Morgan fingerprint density at radius 3 is 2.33 bits per heavy atom. The average molecular weight is 261 g/mol. The zero-order valence-electron chi connectivity index (χ0n) is 12.5. The van der Waals surface area contributed by atoms with Crippen molar-refractivity contribution < 1.29 is 0 Å². The number of nitrogens with zero attached hydrogens (tertiary/aromatic N) is 1. The van der Waals surface area contributed by atoms with Gasteiger partial charge in [0.05, 0.1) is 8.07 Å². The third-order valence-electron chi connectivity index (χ3n) is 3.62. The van der Waals surface area contributed by atoms with E-state index in [1.54, 1.807) is 0 Å². The van der Waals surface area contributed by atoms with Crippen LogP contribution in [0.2, 0.25) is 25.2 Å². The Morgan fingerprint density at radius 2 is 1.78 bits per heavy atom. The molecule has 1 rings (SSSR count). The summed E-state index contributed by atoms with van der Waals surface area (Å²) in [4.78, 5) is 2.31. The fourth-order valence-electron chi connectivity index (χ4n) is 1.67. The highest BCUT2D eigenvalue weighted by Crippen LogP contribution is 2.22. The Balaban J connectivity index is 2.36. The number of benzene rings is 1. The molecule has 0 saturated carbocycles. The first kappa shape index (κ1) is 15.0. The van der Waals surface area contributed by atoms with Crippen LogP contribution in [-0.2, 0) is 0 Å². The first-order chi connectivity index (χ1) is 8.41. The number of allylic oxidation sites excluding steroid dienone is 1. The maximum atomic E-state index is 2.43. The van der Waals surface area contributed by atoms with E-state index in [0.717, 1.165) is 18.5 Å². The van der Waals surface area contributed by atoms with Crippen LogP contribution in [0.1, 0.15) is 13.3 Å². The highest BCUT2D eigenvalue weighted by molar-refractivity contribution is 6.77. The standard InChI is InChI=1S/C16H27NSi/c1-15(18(3,4)5)11-9-10-14-17(2)16-12-7-6-8-13-16/h6-9,11-13,15H,10,14H2,1-5H3. The van der Waals surface area contributed by atoms with E-state index in [9.17, 15) is 0 Å². The van der Waals surface area contributed by atoms with E-state index in [1.807, 2.05) is 0 Å². The molecule has 2 heteroatoms. The third-order valence-corrected chi connectivity index (χ3v) is 6.54. The summed E-state index contributed by atoms with van der Waals surface area (Å²) in [5, 5.41) is 0. The van der Waals surface area contributed by atoms with E-state index in [-0.39, 0.29) is 0 Å². The molecule has 100 valence electrons. The smallest absolute Gasteiger partial charge is 0.0510 e. The predicted molar refractivity (Wildman–Crippen MR) is 86.2 cm³/mol. The second-order valence-electron chi connectivity index (χ2n) is 6.13. The van der Waals surface area contributed by atoms with E-state index in [1.165, 1.54) is 5.69 Å². The van der Waals surface area contributed by atoms with Gasteiger partial charge in [0.1, 0.15) is 0 Å². The molecule has 0 fully saturated rings. The Hall–Kier alpha value is -1.02. The van der Waals surface area contributed by atoms with Gasteiger partial charge < -0.3 is 4.90 Å². The van der Waals surface area contributed by atoms with Gasteiger partial charge in [0.2, 0.25) is 0 Å². The molecule has 0 saturated heterocycles. The van der Waals surface area contributed by atoms with Crippen molar-refractivity contribution in [3.8, 4) is 0 Å². The van der Waals surface area contributed by atoms with Crippen LogP contribution in [0.4, 0.5) is 5.69 Å². The summed E-state index contributed by atoms with van der Waals surface area (Å²) < 4.78 is 0. The zero-order chi connectivity index (χ0) is 13.6. The first-order valence-electron chi connectivity index (χ1n) is 6.84. The van der Waals surface area contributed by atoms with Crippen molar-refractivity contribution >= 4 is 13.8 Å². The van der Waals surface area contributed by atoms with Crippen LogP contribution in [0.25, 0.3) is 0 Å². The molecule has 1 nitrogen and oxygen atoms in total. The van der Waals surface area contributed by atoms with Crippen molar-refractivity contribution in [2.45, 2.75) is 38.5 Å². The van der Waals surface area contributed by atoms with Gasteiger partial charge in [-0.05, 0) is 24.1 Å². The highest BCUT2D eigenvalue weighted by atomic mass is 28.3. The molecule has 0 aliphatic rings. The molecule has 0 aliphatic carbocycles. The fourth-order valence-corrected chi connectivity index (χ4v) is 2.38. The van der Waals surface area contributed by atoms with E-state index >= 15 is 0 Å². The molecule has 0 radical (unpaired) electrons. The number of hydrogen-bond donors (Lipinski definition) is 0. The first-order valence-corrected chi connectivity index (χ1v) is 10.4. The second-order valence-corrected chi connectivity index (χ2v) is 11.8. The van der Waals surface area contributed by atoms with Gasteiger partial charge in [0.25, 0.3) is 0 Å². The largest absolute Gasteiger partial charge is 0.374 e. The van der Waals surface area contributed by atoms with E-state index in [4.69, 9.17) is 0 Å². The van der Waals surface area contributed by atoms with Gasteiger partial charge >= 0.3 is 0 Å². The van der Waals surface area contributed by atoms with Crippen LogP contribution in [0, 0.1) is 0 Å². The molecular formula is C16H27NSi. The summed E-state index contributed by atoms with van der Waals surface area (Å²) >= 11 is 0. The fraction of sp³-hybridized carbons (Fsp3) is 0.500. The topological polar surface area (TPSA) is 3.24 Å². The Kier molecular flexibility index (Phi) is 5.67. The van der Waals surface area contributed by atoms with Crippen molar-refractivity contribution in [3.63, 3.8) is 0 Å². The quantitative estimate of drug-likeness (QED) is 0.525. The van der Waals surface area contributed by atoms with Crippen LogP contribution in [0.3, 0.4) is 0 Å². The summed E-state index contributed by atoms with van der Waals surface area (Å²) in [6.07, 6.45) is 5.88. The lowest BCUT2D eigenvalue weighted by Crippen LogP contribution is -2.24. The minimum absolute atomic E-state index is 0.763. The van der Waals surface area contributed by atoms with Crippen molar-refractivity contribution in [1.82, 2.24) is 0 Å². The number of anilines is 1. The molecule has 1 atom stereocenters. The summed E-state index contributed by atoms with van der Waals surface area (Å²) in [5.74, 6) is 0. The van der Waals surface area contributed by atoms with Gasteiger partial charge in [-0.25, -0.2) is 0 Å². The van der Waals surface area contributed by atoms with Crippen molar-refractivity contribution in [2.75, 3.05) is 18.5 Å². The van der Waals surface area contributed by atoms with Crippen LogP contribution in [-0.4, -0.2) is 21.7 Å². The minimum atomic E-state index is -1.00. The van der Waals surface area contributed by atoms with Gasteiger partial charge in [-0.2, -0.15) is 0 Å². The monoisotopic (exact) mass is 261 g/mol. The van der Waals surface area contributed by atoms with Gasteiger partial charge in [0, 0.05) is 19.3 Å². The number of rotatable bonds is 6. The van der Waals surface area contributed by atoms with Crippen LogP contribution in [0.5, 0.6) is 0 Å². The molecule has 0 amide bonds. The molecule has 0 N–H and O–H groups in total. The molecule has 0 bridgehead atoms. The SMILES string of the molecule is CC(C=CCCN(C)c1ccccc1)[Si](C)(C)C. The predicted octanol–water partition coefficient (Wildman–Crippen LogP) is 4.80. The molecule has 1 unspecified atom stereocenters. The van der Waals surface area contributed by atoms with Crippen molar-refractivity contribution in [2.24, 2.45) is 0 Å². The van der Waals surface area contributed by atoms with E-state index < -0.39 is 8.07 Å². The summed E-state index contributed by atoms with van der Waals surface area (Å²) in [6.45, 7) is 10.7. The molecule has 0 aliphatic heterocycles. The van der Waals surface area contributed by atoms with Gasteiger partial charge in [-0.1, -0.05) is 56.9 Å². The maximum Gasteiger partial charge on any atom is 0.0510 e. The number of para-hydroxylation sites is 1. The van der Waals surface area contributed by atoms with Gasteiger partial charge in [-0.3, -0.25) is 0 Å². The minimum Gasteiger partial charge on any atom is -0.374 e. The molecule has 0 spiro atoms. The summed E-state index contributed by atoms with van der Waals surface area (Å²) in [5.41, 5.74) is 2.06. The van der Waals surface area contributed by atoms with Gasteiger partial charge in [-0.15, -0.1) is 0 Å². The lowest BCUT2D eigenvalue weighted by Gasteiger charge is -2.22. The summed E-state index contributed by atoms with van der Waals surface area (Å²) in [7, 11) is 1.16. The maximum absolute atomic E-state index is 2.43. The molecule has 1 aromatic carbocycles. The third kappa shape index (κ3) is 5.09. The Labute approximate surface area is 114 Å². The van der Waals surface area contributed by atoms with Crippen LogP contribution >= 0.6 is 0 Å². The lowest BCUT2D eigenvalue weighted by atomic mass is 10.2.